The number of ether oxygens (including phenoxy) is 1. The van der Waals surface area contributed by atoms with Gasteiger partial charge in [0.15, 0.2) is 11.7 Å². The number of carbonyl (C=O) groups excluding carboxylic acids is 2. The first kappa shape index (κ1) is 22.5. The zero-order valence-corrected chi connectivity index (χ0v) is 18.8. The van der Waals surface area contributed by atoms with Crippen LogP contribution in [0.1, 0.15) is 30.0 Å². The number of aryl methyl sites for hydroxylation is 3. The van der Waals surface area contributed by atoms with Gasteiger partial charge in [-0.15, -0.1) is 11.3 Å². The number of benzene rings is 2. The lowest BCUT2D eigenvalue weighted by molar-refractivity contribution is -0.119. The molecule has 0 saturated carbocycles. The number of aromatic nitrogens is 1. The van der Waals surface area contributed by atoms with Crippen LogP contribution in [0.15, 0.2) is 47.8 Å². The quantitative estimate of drug-likeness (QED) is 0.483. The summed E-state index contributed by atoms with van der Waals surface area (Å²) in [5.74, 6) is 0.506. The number of amides is 2. The third-order valence-corrected chi connectivity index (χ3v) is 5.53. The molecule has 0 atom stereocenters. The monoisotopic (exact) mass is 437 g/mol. The molecular formula is C24H27N3O3S. The summed E-state index contributed by atoms with van der Waals surface area (Å²) in [5, 5.41) is 8.08. The van der Waals surface area contributed by atoms with Crippen LogP contribution in [0.25, 0.3) is 11.3 Å². The Bertz CT molecular complexity index is 1020. The van der Waals surface area contributed by atoms with Gasteiger partial charge in [0.1, 0.15) is 5.75 Å². The molecule has 0 aliphatic heterocycles. The molecule has 0 radical (unpaired) electrons. The Morgan fingerprint density at radius 2 is 1.77 bits per heavy atom. The second-order valence-corrected chi connectivity index (χ2v) is 8.24. The van der Waals surface area contributed by atoms with Crippen LogP contribution in [0.5, 0.6) is 5.75 Å². The number of hydrogen-bond donors (Lipinski definition) is 2. The molecule has 2 aromatic carbocycles. The van der Waals surface area contributed by atoms with E-state index in [-0.39, 0.29) is 18.4 Å². The summed E-state index contributed by atoms with van der Waals surface area (Å²) >= 11 is 1.39. The highest BCUT2D eigenvalue weighted by molar-refractivity contribution is 7.14. The Morgan fingerprint density at radius 1 is 1.06 bits per heavy atom. The van der Waals surface area contributed by atoms with Gasteiger partial charge in [-0.25, -0.2) is 4.98 Å². The number of nitrogens with one attached hydrogen (secondary N) is 2. The molecule has 0 bridgehead atoms. The lowest BCUT2D eigenvalue weighted by Gasteiger charge is -2.11. The Balaban J connectivity index is 1.51. The van der Waals surface area contributed by atoms with Crippen molar-refractivity contribution in [1.82, 2.24) is 10.3 Å². The SMILES string of the molecule is CC(=O)NCCCc1ccc(-c2csc(NC(=O)COc3c(C)cccc3C)n2)cc1. The molecule has 162 valence electrons. The van der Waals surface area contributed by atoms with E-state index < -0.39 is 0 Å². The predicted molar refractivity (Wildman–Crippen MR) is 125 cm³/mol. The first-order chi connectivity index (χ1) is 14.9. The standard InChI is InChI=1S/C24H27N3O3S/c1-16-6-4-7-17(2)23(16)30-14-22(29)27-24-26-21(15-31-24)20-11-9-19(10-12-20)8-5-13-25-18(3)28/h4,6-7,9-12,15H,5,8,13-14H2,1-3H3,(H,25,28)(H,26,27,29). The lowest BCUT2D eigenvalue weighted by atomic mass is 10.1. The summed E-state index contributed by atoms with van der Waals surface area (Å²) in [6.45, 7) is 6.06. The predicted octanol–water partition coefficient (Wildman–Crippen LogP) is 4.51. The first-order valence-electron chi connectivity index (χ1n) is 10.2. The minimum Gasteiger partial charge on any atom is -0.483 e. The molecule has 1 aromatic heterocycles. The van der Waals surface area contributed by atoms with Crippen LogP contribution in [0, 0.1) is 13.8 Å². The molecule has 0 fully saturated rings. The van der Waals surface area contributed by atoms with Gasteiger partial charge in [0.05, 0.1) is 5.69 Å². The maximum absolute atomic E-state index is 12.3. The fraction of sp³-hybridized carbons (Fsp3) is 0.292. The molecule has 0 saturated heterocycles. The number of para-hydroxylation sites is 1. The fourth-order valence-electron chi connectivity index (χ4n) is 3.18. The van der Waals surface area contributed by atoms with Gasteiger partial charge in [0.25, 0.3) is 5.91 Å². The van der Waals surface area contributed by atoms with Crippen molar-refractivity contribution in [3.63, 3.8) is 0 Å². The van der Waals surface area contributed by atoms with Crippen molar-refractivity contribution in [2.24, 2.45) is 0 Å². The molecule has 1 heterocycles. The Hall–Kier alpha value is -3.19. The zero-order chi connectivity index (χ0) is 22.2. The fourth-order valence-corrected chi connectivity index (χ4v) is 3.92. The minimum atomic E-state index is -0.238. The van der Waals surface area contributed by atoms with E-state index >= 15 is 0 Å². The minimum absolute atomic E-state index is 0.00127. The van der Waals surface area contributed by atoms with Crippen LogP contribution in [-0.4, -0.2) is 29.9 Å². The van der Waals surface area contributed by atoms with Gasteiger partial charge < -0.3 is 10.1 Å². The van der Waals surface area contributed by atoms with Crippen LogP contribution in [0.3, 0.4) is 0 Å². The van der Waals surface area contributed by atoms with Crippen molar-refractivity contribution in [3.05, 3.63) is 64.5 Å². The van der Waals surface area contributed by atoms with Gasteiger partial charge in [-0.05, 0) is 43.4 Å². The summed E-state index contributed by atoms with van der Waals surface area (Å²) in [5.41, 5.74) is 5.03. The topological polar surface area (TPSA) is 80.3 Å². The van der Waals surface area contributed by atoms with E-state index in [1.807, 2.05) is 49.6 Å². The van der Waals surface area contributed by atoms with Crippen LogP contribution >= 0.6 is 11.3 Å². The van der Waals surface area contributed by atoms with Gasteiger partial charge in [0, 0.05) is 24.4 Å². The van der Waals surface area contributed by atoms with Crippen LogP contribution in [-0.2, 0) is 16.0 Å². The average Bonchev–Trinajstić information content (AvgIpc) is 3.19. The summed E-state index contributed by atoms with van der Waals surface area (Å²) in [6, 6.07) is 14.1. The van der Waals surface area contributed by atoms with Gasteiger partial charge in [0.2, 0.25) is 5.91 Å². The third kappa shape index (κ3) is 6.65. The highest BCUT2D eigenvalue weighted by Crippen LogP contribution is 2.26. The number of rotatable bonds is 9. The number of thiazole rings is 1. The van der Waals surface area contributed by atoms with Crippen LogP contribution < -0.4 is 15.4 Å². The second-order valence-electron chi connectivity index (χ2n) is 7.38. The summed E-state index contributed by atoms with van der Waals surface area (Å²) in [6.07, 6.45) is 1.80. The van der Waals surface area contributed by atoms with Crippen molar-refractivity contribution in [1.29, 1.82) is 0 Å². The lowest BCUT2D eigenvalue weighted by Crippen LogP contribution is -2.21. The van der Waals surface area contributed by atoms with Gasteiger partial charge in [-0.2, -0.15) is 0 Å². The molecular weight excluding hydrogens is 410 g/mol. The maximum Gasteiger partial charge on any atom is 0.264 e. The van der Waals surface area contributed by atoms with Gasteiger partial charge in [-0.1, -0.05) is 42.5 Å². The van der Waals surface area contributed by atoms with Gasteiger partial charge >= 0.3 is 0 Å². The van der Waals surface area contributed by atoms with Crippen LogP contribution in [0.2, 0.25) is 0 Å². The summed E-state index contributed by atoms with van der Waals surface area (Å²) < 4.78 is 5.70. The Kier molecular flexibility index (Phi) is 7.78. The van der Waals surface area contributed by atoms with Crippen molar-refractivity contribution in [3.8, 4) is 17.0 Å². The second kappa shape index (κ2) is 10.7. The third-order valence-electron chi connectivity index (χ3n) is 4.77. The molecule has 0 unspecified atom stereocenters. The number of anilines is 1. The summed E-state index contributed by atoms with van der Waals surface area (Å²) in [4.78, 5) is 27.7. The molecule has 0 aliphatic rings. The highest BCUT2D eigenvalue weighted by atomic mass is 32.1. The van der Waals surface area contributed by atoms with Gasteiger partial charge in [-0.3, -0.25) is 14.9 Å². The van der Waals surface area contributed by atoms with E-state index in [0.717, 1.165) is 41.0 Å². The molecule has 31 heavy (non-hydrogen) atoms. The average molecular weight is 438 g/mol. The highest BCUT2D eigenvalue weighted by Gasteiger charge is 2.11. The Morgan fingerprint density at radius 3 is 2.45 bits per heavy atom. The summed E-state index contributed by atoms with van der Waals surface area (Å²) in [7, 11) is 0. The molecule has 2 amide bonds. The molecule has 6 nitrogen and oxygen atoms in total. The van der Waals surface area contributed by atoms with Crippen molar-refractivity contribution >= 4 is 28.3 Å². The van der Waals surface area contributed by atoms with Crippen molar-refractivity contribution in [2.75, 3.05) is 18.5 Å². The van der Waals surface area contributed by atoms with E-state index in [2.05, 4.69) is 27.8 Å². The van der Waals surface area contributed by atoms with Crippen LogP contribution in [0.4, 0.5) is 5.13 Å². The number of carbonyl (C=O) groups is 2. The van der Waals surface area contributed by atoms with Crippen molar-refractivity contribution < 1.29 is 14.3 Å². The number of hydrogen-bond acceptors (Lipinski definition) is 5. The molecule has 7 heteroatoms. The smallest absolute Gasteiger partial charge is 0.264 e. The first-order valence-corrected chi connectivity index (χ1v) is 11.1. The molecule has 3 rings (SSSR count). The molecule has 0 spiro atoms. The zero-order valence-electron chi connectivity index (χ0n) is 18.0. The van der Waals surface area contributed by atoms with E-state index in [1.165, 1.54) is 23.8 Å². The van der Waals surface area contributed by atoms with E-state index in [0.29, 0.717) is 11.7 Å². The molecule has 2 N–H and O–H groups in total. The van der Waals surface area contributed by atoms with E-state index in [4.69, 9.17) is 4.74 Å². The maximum atomic E-state index is 12.3. The van der Waals surface area contributed by atoms with E-state index in [9.17, 15) is 9.59 Å². The van der Waals surface area contributed by atoms with E-state index in [1.54, 1.807) is 0 Å². The van der Waals surface area contributed by atoms with Crippen molar-refractivity contribution in [2.45, 2.75) is 33.6 Å². The molecule has 0 aliphatic carbocycles. The Labute approximate surface area is 186 Å². The molecule has 3 aromatic rings. The normalized spacial score (nSPS) is 10.5. The number of nitrogens with zero attached hydrogens (tertiary/aromatic N) is 1. The largest absolute Gasteiger partial charge is 0.483 e.